The van der Waals surface area contributed by atoms with E-state index in [-0.39, 0.29) is 30.9 Å². The number of carbonyl (C=O) groups excluding carboxylic acids is 1. The lowest BCUT2D eigenvalue weighted by atomic mass is 10.1. The van der Waals surface area contributed by atoms with Crippen LogP contribution in [-0.2, 0) is 9.53 Å². The number of hydrogen-bond acceptors (Lipinski definition) is 4. The summed E-state index contributed by atoms with van der Waals surface area (Å²) < 4.78 is 5.16. The van der Waals surface area contributed by atoms with Crippen LogP contribution in [0.4, 0.5) is 0 Å². The van der Waals surface area contributed by atoms with E-state index in [9.17, 15) is 4.79 Å². The summed E-state index contributed by atoms with van der Waals surface area (Å²) in [4.78, 5) is 16.9. The van der Waals surface area contributed by atoms with Gasteiger partial charge in [0.2, 0.25) is 5.91 Å². The molecule has 7 heteroatoms. The molecule has 2 heterocycles. The Bertz CT molecular complexity index is 302. The fraction of sp³-hybridized carbons (Fsp3) is 0.929. The van der Waals surface area contributed by atoms with E-state index in [2.05, 4.69) is 22.0 Å². The summed E-state index contributed by atoms with van der Waals surface area (Å²) in [6.07, 6.45) is 3.21. The van der Waals surface area contributed by atoms with Crippen LogP contribution in [-0.4, -0.2) is 74.2 Å². The number of rotatable bonds is 5. The Kier molecular flexibility index (Phi) is 10.6. The Labute approximate surface area is 140 Å². The highest BCUT2D eigenvalue weighted by molar-refractivity contribution is 5.85. The summed E-state index contributed by atoms with van der Waals surface area (Å²) >= 11 is 0. The van der Waals surface area contributed by atoms with Crippen LogP contribution < -0.4 is 5.32 Å². The van der Waals surface area contributed by atoms with E-state index >= 15 is 0 Å². The van der Waals surface area contributed by atoms with Crippen molar-refractivity contribution < 1.29 is 9.53 Å². The Hall–Kier alpha value is -0.0700. The molecule has 2 fully saturated rings. The van der Waals surface area contributed by atoms with Crippen molar-refractivity contribution in [2.24, 2.45) is 0 Å². The van der Waals surface area contributed by atoms with Gasteiger partial charge in [0.15, 0.2) is 0 Å². The third-order valence-electron chi connectivity index (χ3n) is 4.33. The molecular formula is C14H29Cl2N3O2. The van der Waals surface area contributed by atoms with Crippen LogP contribution in [0.15, 0.2) is 0 Å². The fourth-order valence-electron chi connectivity index (χ4n) is 3.10. The van der Waals surface area contributed by atoms with Crippen LogP contribution in [0.25, 0.3) is 0 Å². The molecule has 2 atom stereocenters. The van der Waals surface area contributed by atoms with E-state index in [0.717, 1.165) is 58.6 Å². The van der Waals surface area contributed by atoms with Crippen molar-refractivity contribution in [1.29, 1.82) is 0 Å². The average molecular weight is 342 g/mol. The van der Waals surface area contributed by atoms with Crippen LogP contribution in [0, 0.1) is 0 Å². The number of ether oxygens (including phenoxy) is 1. The standard InChI is InChI=1S/C14H27N3O2.2ClH/c1-3-12-11-17(8-7-16(12)9-10-19-2)14(18)13-5-4-6-15-13;;/h12-13,15H,3-11H2,1-2H3;2*1H. The van der Waals surface area contributed by atoms with Gasteiger partial charge in [-0.1, -0.05) is 6.92 Å². The first kappa shape index (κ1) is 20.9. The van der Waals surface area contributed by atoms with Gasteiger partial charge >= 0.3 is 0 Å². The normalized spacial score (nSPS) is 26.1. The maximum absolute atomic E-state index is 12.4. The molecule has 21 heavy (non-hydrogen) atoms. The molecule has 0 saturated carbocycles. The molecule has 5 nitrogen and oxygen atoms in total. The minimum atomic E-state index is 0. The molecule has 1 amide bonds. The molecule has 0 spiro atoms. The van der Waals surface area contributed by atoms with Gasteiger partial charge in [0.05, 0.1) is 12.6 Å². The maximum Gasteiger partial charge on any atom is 0.239 e. The molecule has 0 aromatic rings. The number of nitrogens with zero attached hydrogens (tertiary/aromatic N) is 2. The van der Waals surface area contributed by atoms with Gasteiger partial charge in [-0.2, -0.15) is 0 Å². The Balaban J connectivity index is 0.00000200. The van der Waals surface area contributed by atoms with E-state index in [1.807, 2.05) is 0 Å². The van der Waals surface area contributed by atoms with Crippen molar-refractivity contribution in [1.82, 2.24) is 15.1 Å². The van der Waals surface area contributed by atoms with E-state index in [0.29, 0.717) is 11.9 Å². The van der Waals surface area contributed by atoms with Crippen molar-refractivity contribution in [2.45, 2.75) is 38.3 Å². The summed E-state index contributed by atoms with van der Waals surface area (Å²) in [6.45, 7) is 7.63. The van der Waals surface area contributed by atoms with E-state index in [1.165, 1.54) is 0 Å². The predicted octanol–water partition coefficient (Wildman–Crippen LogP) is 1.15. The van der Waals surface area contributed by atoms with E-state index < -0.39 is 0 Å². The molecule has 2 rings (SSSR count). The van der Waals surface area contributed by atoms with Gasteiger partial charge in [0, 0.05) is 39.3 Å². The molecule has 2 aliphatic rings. The number of piperazine rings is 1. The van der Waals surface area contributed by atoms with Gasteiger partial charge in [-0.15, -0.1) is 24.8 Å². The third-order valence-corrected chi connectivity index (χ3v) is 4.33. The molecule has 126 valence electrons. The van der Waals surface area contributed by atoms with Crippen molar-refractivity contribution in [3.8, 4) is 0 Å². The Morgan fingerprint density at radius 1 is 1.33 bits per heavy atom. The molecule has 2 aliphatic heterocycles. The fourth-order valence-corrected chi connectivity index (χ4v) is 3.10. The summed E-state index contributed by atoms with van der Waals surface area (Å²) in [5.41, 5.74) is 0. The van der Waals surface area contributed by atoms with Gasteiger partial charge in [-0.25, -0.2) is 0 Å². The lowest BCUT2D eigenvalue weighted by Crippen LogP contribution is -2.57. The first-order valence-electron chi connectivity index (χ1n) is 7.51. The molecule has 0 bridgehead atoms. The van der Waals surface area contributed by atoms with Crippen molar-refractivity contribution >= 4 is 30.7 Å². The second-order valence-electron chi connectivity index (χ2n) is 5.52. The lowest BCUT2D eigenvalue weighted by Gasteiger charge is -2.41. The number of hydrogen-bond donors (Lipinski definition) is 1. The molecule has 0 radical (unpaired) electrons. The van der Waals surface area contributed by atoms with Gasteiger partial charge in [-0.3, -0.25) is 9.69 Å². The van der Waals surface area contributed by atoms with Crippen LogP contribution in [0.1, 0.15) is 26.2 Å². The van der Waals surface area contributed by atoms with Crippen LogP contribution >= 0.6 is 24.8 Å². The first-order chi connectivity index (χ1) is 9.26. The highest BCUT2D eigenvalue weighted by Crippen LogP contribution is 2.16. The summed E-state index contributed by atoms with van der Waals surface area (Å²) in [6, 6.07) is 0.553. The molecule has 2 saturated heterocycles. The molecule has 0 aliphatic carbocycles. The zero-order valence-corrected chi connectivity index (χ0v) is 14.7. The number of halogens is 2. The zero-order chi connectivity index (χ0) is 13.7. The second-order valence-corrected chi connectivity index (χ2v) is 5.52. The lowest BCUT2D eigenvalue weighted by molar-refractivity contribution is -0.136. The third kappa shape index (κ3) is 5.57. The van der Waals surface area contributed by atoms with Crippen LogP contribution in [0.3, 0.4) is 0 Å². The zero-order valence-electron chi connectivity index (χ0n) is 13.0. The predicted molar refractivity (Wildman–Crippen MR) is 89.6 cm³/mol. The maximum atomic E-state index is 12.4. The highest BCUT2D eigenvalue weighted by Gasteiger charge is 2.32. The second kappa shape index (κ2) is 10.6. The number of carbonyl (C=O) groups is 1. The van der Waals surface area contributed by atoms with E-state index in [4.69, 9.17) is 4.74 Å². The van der Waals surface area contributed by atoms with Gasteiger partial charge < -0.3 is 15.0 Å². The number of amides is 1. The summed E-state index contributed by atoms with van der Waals surface area (Å²) in [5.74, 6) is 0.308. The van der Waals surface area contributed by atoms with Crippen molar-refractivity contribution in [3.05, 3.63) is 0 Å². The number of nitrogens with one attached hydrogen (secondary N) is 1. The Morgan fingerprint density at radius 2 is 2.10 bits per heavy atom. The highest BCUT2D eigenvalue weighted by atomic mass is 35.5. The van der Waals surface area contributed by atoms with E-state index in [1.54, 1.807) is 7.11 Å². The van der Waals surface area contributed by atoms with Gasteiger partial charge in [0.1, 0.15) is 0 Å². The molecule has 1 N–H and O–H groups in total. The smallest absolute Gasteiger partial charge is 0.239 e. The minimum absolute atomic E-state index is 0. The Morgan fingerprint density at radius 3 is 2.67 bits per heavy atom. The molecule has 0 aromatic carbocycles. The number of methoxy groups -OCH3 is 1. The van der Waals surface area contributed by atoms with Crippen LogP contribution in [0.2, 0.25) is 0 Å². The van der Waals surface area contributed by atoms with Gasteiger partial charge in [-0.05, 0) is 25.8 Å². The largest absolute Gasteiger partial charge is 0.383 e. The van der Waals surface area contributed by atoms with Crippen LogP contribution in [0.5, 0.6) is 0 Å². The van der Waals surface area contributed by atoms with Crippen molar-refractivity contribution in [2.75, 3.05) is 46.4 Å². The van der Waals surface area contributed by atoms with Gasteiger partial charge in [0.25, 0.3) is 0 Å². The molecule has 0 aromatic heterocycles. The molecule has 2 unspecified atom stereocenters. The van der Waals surface area contributed by atoms with Crippen molar-refractivity contribution in [3.63, 3.8) is 0 Å². The topological polar surface area (TPSA) is 44.8 Å². The summed E-state index contributed by atoms with van der Waals surface area (Å²) in [5, 5.41) is 3.31. The minimum Gasteiger partial charge on any atom is -0.383 e. The molecular weight excluding hydrogens is 313 g/mol. The summed E-state index contributed by atoms with van der Waals surface area (Å²) in [7, 11) is 1.74. The SMILES string of the molecule is CCC1CN(C(=O)C2CCCN2)CCN1CCOC.Cl.Cl. The quantitative estimate of drug-likeness (QED) is 0.814. The monoisotopic (exact) mass is 341 g/mol. The average Bonchev–Trinajstić information content (AvgIpc) is 2.98. The first-order valence-corrected chi connectivity index (χ1v) is 7.51.